The molecule has 0 fully saturated rings. The highest BCUT2D eigenvalue weighted by molar-refractivity contribution is 6.03. The first-order valence-electron chi connectivity index (χ1n) is 5.91. The Bertz CT molecular complexity index is 399. The van der Waals surface area contributed by atoms with E-state index in [9.17, 15) is 9.59 Å². The molecule has 0 aromatic heterocycles. The number of ketones is 2. The van der Waals surface area contributed by atoms with Crippen LogP contribution in [0.15, 0.2) is 30.3 Å². The summed E-state index contributed by atoms with van der Waals surface area (Å²) in [5, 5.41) is 0. The van der Waals surface area contributed by atoms with E-state index in [0.717, 1.165) is 5.56 Å². The average molecular weight is 232 g/mol. The molecule has 0 bridgehead atoms. The smallest absolute Gasteiger partial charge is 0.148 e. The zero-order valence-electron chi connectivity index (χ0n) is 11.0. The molecule has 0 amide bonds. The van der Waals surface area contributed by atoms with Crippen molar-refractivity contribution in [3.63, 3.8) is 0 Å². The number of rotatable bonds is 4. The maximum absolute atomic E-state index is 12.2. The van der Waals surface area contributed by atoms with Crippen LogP contribution < -0.4 is 0 Å². The minimum absolute atomic E-state index is 0.0221. The fourth-order valence-corrected chi connectivity index (χ4v) is 1.79. The number of benzene rings is 1. The van der Waals surface area contributed by atoms with Crippen molar-refractivity contribution in [3.8, 4) is 0 Å². The van der Waals surface area contributed by atoms with E-state index >= 15 is 0 Å². The van der Waals surface area contributed by atoms with Gasteiger partial charge in [-0.3, -0.25) is 9.59 Å². The summed E-state index contributed by atoms with van der Waals surface area (Å²) < 4.78 is 0. The summed E-state index contributed by atoms with van der Waals surface area (Å²) in [6.45, 7) is 7.07. The standard InChI is InChI=1S/C15H20O2/c1-11(16)13(14(17)15(2,3)4)10-12-8-6-5-7-9-12/h5-9,13H,10H2,1-4H3. The van der Waals surface area contributed by atoms with Gasteiger partial charge in [0.05, 0.1) is 5.92 Å². The second-order valence-electron chi connectivity index (χ2n) is 5.47. The molecule has 0 saturated heterocycles. The average Bonchev–Trinajstić information content (AvgIpc) is 2.24. The molecule has 1 aromatic carbocycles. The van der Waals surface area contributed by atoms with Crippen LogP contribution in [0.4, 0.5) is 0 Å². The summed E-state index contributed by atoms with van der Waals surface area (Å²) in [4.78, 5) is 23.8. The van der Waals surface area contributed by atoms with Crippen LogP contribution in [0.1, 0.15) is 33.3 Å². The van der Waals surface area contributed by atoms with Gasteiger partial charge in [0.1, 0.15) is 11.6 Å². The van der Waals surface area contributed by atoms with Crippen LogP contribution in [0.5, 0.6) is 0 Å². The van der Waals surface area contributed by atoms with Crippen molar-refractivity contribution in [2.24, 2.45) is 11.3 Å². The molecule has 0 aliphatic heterocycles. The maximum Gasteiger partial charge on any atom is 0.148 e. The first kappa shape index (κ1) is 13.6. The lowest BCUT2D eigenvalue weighted by Crippen LogP contribution is -2.33. The van der Waals surface area contributed by atoms with Crippen molar-refractivity contribution in [3.05, 3.63) is 35.9 Å². The Labute approximate surface area is 103 Å². The molecule has 0 radical (unpaired) electrons. The summed E-state index contributed by atoms with van der Waals surface area (Å²) in [6.07, 6.45) is 0.506. The van der Waals surface area contributed by atoms with Crippen molar-refractivity contribution >= 4 is 11.6 Å². The molecule has 0 aliphatic rings. The predicted octanol–water partition coefficient (Wildman–Crippen LogP) is 3.05. The van der Waals surface area contributed by atoms with Crippen molar-refractivity contribution in [1.82, 2.24) is 0 Å². The number of carbonyl (C=O) groups is 2. The normalized spacial score (nSPS) is 13.2. The lowest BCUT2D eigenvalue weighted by Gasteiger charge is -2.22. The Balaban J connectivity index is 2.89. The molecule has 0 N–H and O–H groups in total. The molecule has 2 heteroatoms. The molecule has 1 aromatic rings. The molecule has 2 nitrogen and oxygen atoms in total. The van der Waals surface area contributed by atoms with Gasteiger partial charge in [0, 0.05) is 5.41 Å². The van der Waals surface area contributed by atoms with E-state index in [1.807, 2.05) is 51.1 Å². The molecule has 1 atom stereocenters. The Morgan fingerprint density at radius 1 is 1.12 bits per heavy atom. The predicted molar refractivity (Wildman–Crippen MR) is 68.8 cm³/mol. The summed E-state index contributed by atoms with van der Waals surface area (Å²) in [5.41, 5.74) is 0.566. The Morgan fingerprint density at radius 3 is 2.06 bits per heavy atom. The zero-order chi connectivity index (χ0) is 13.1. The van der Waals surface area contributed by atoms with E-state index in [-0.39, 0.29) is 11.6 Å². The lowest BCUT2D eigenvalue weighted by atomic mass is 9.79. The number of Topliss-reactive ketones (excluding diaryl/α,β-unsaturated/α-hetero) is 2. The lowest BCUT2D eigenvalue weighted by molar-refractivity contribution is -0.136. The van der Waals surface area contributed by atoms with Crippen LogP contribution in [0.25, 0.3) is 0 Å². The monoisotopic (exact) mass is 232 g/mol. The van der Waals surface area contributed by atoms with Gasteiger partial charge in [0.2, 0.25) is 0 Å². The van der Waals surface area contributed by atoms with E-state index in [1.54, 1.807) is 0 Å². The van der Waals surface area contributed by atoms with E-state index in [1.165, 1.54) is 6.92 Å². The van der Waals surface area contributed by atoms with Crippen LogP contribution in [0.3, 0.4) is 0 Å². The van der Waals surface area contributed by atoms with Gasteiger partial charge in [-0.1, -0.05) is 51.1 Å². The molecule has 0 heterocycles. The van der Waals surface area contributed by atoms with E-state index in [0.29, 0.717) is 6.42 Å². The van der Waals surface area contributed by atoms with Crippen molar-refractivity contribution in [2.75, 3.05) is 0 Å². The third-order valence-corrected chi connectivity index (χ3v) is 2.83. The highest BCUT2D eigenvalue weighted by atomic mass is 16.2. The zero-order valence-corrected chi connectivity index (χ0v) is 11.0. The van der Waals surface area contributed by atoms with Crippen LogP contribution in [0.2, 0.25) is 0 Å². The minimum atomic E-state index is -0.516. The first-order chi connectivity index (χ1) is 7.82. The maximum atomic E-state index is 12.2. The van der Waals surface area contributed by atoms with Gasteiger partial charge < -0.3 is 0 Å². The van der Waals surface area contributed by atoms with Crippen LogP contribution in [-0.4, -0.2) is 11.6 Å². The molecule has 0 saturated carbocycles. The molecule has 0 spiro atoms. The molecular weight excluding hydrogens is 212 g/mol. The van der Waals surface area contributed by atoms with Crippen LogP contribution >= 0.6 is 0 Å². The quantitative estimate of drug-likeness (QED) is 0.748. The van der Waals surface area contributed by atoms with Gasteiger partial charge in [0.25, 0.3) is 0 Å². The van der Waals surface area contributed by atoms with E-state index < -0.39 is 11.3 Å². The summed E-state index contributed by atoms with van der Waals surface area (Å²) in [7, 11) is 0. The third-order valence-electron chi connectivity index (χ3n) is 2.83. The first-order valence-corrected chi connectivity index (χ1v) is 5.91. The largest absolute Gasteiger partial charge is 0.299 e. The Hall–Kier alpha value is -1.44. The minimum Gasteiger partial charge on any atom is -0.299 e. The SMILES string of the molecule is CC(=O)C(Cc1ccccc1)C(=O)C(C)(C)C. The number of hydrogen-bond acceptors (Lipinski definition) is 2. The van der Waals surface area contributed by atoms with Crippen molar-refractivity contribution in [2.45, 2.75) is 34.1 Å². The fraction of sp³-hybridized carbons (Fsp3) is 0.467. The second kappa shape index (κ2) is 5.26. The fourth-order valence-electron chi connectivity index (χ4n) is 1.79. The highest BCUT2D eigenvalue weighted by Crippen LogP contribution is 2.23. The van der Waals surface area contributed by atoms with Gasteiger partial charge >= 0.3 is 0 Å². The Morgan fingerprint density at radius 2 is 1.65 bits per heavy atom. The summed E-state index contributed by atoms with van der Waals surface area (Å²) >= 11 is 0. The van der Waals surface area contributed by atoms with Crippen LogP contribution in [-0.2, 0) is 16.0 Å². The highest BCUT2D eigenvalue weighted by Gasteiger charge is 2.32. The van der Waals surface area contributed by atoms with Crippen molar-refractivity contribution in [1.29, 1.82) is 0 Å². The summed E-state index contributed by atoms with van der Waals surface area (Å²) in [6, 6.07) is 9.68. The van der Waals surface area contributed by atoms with E-state index in [4.69, 9.17) is 0 Å². The van der Waals surface area contributed by atoms with Crippen LogP contribution in [0, 0.1) is 11.3 Å². The third kappa shape index (κ3) is 3.81. The van der Waals surface area contributed by atoms with E-state index in [2.05, 4.69) is 0 Å². The number of hydrogen-bond donors (Lipinski definition) is 0. The molecule has 17 heavy (non-hydrogen) atoms. The molecule has 92 valence electrons. The summed E-state index contributed by atoms with van der Waals surface area (Å²) in [5.74, 6) is -0.542. The molecule has 1 unspecified atom stereocenters. The Kier molecular flexibility index (Phi) is 4.22. The number of carbonyl (C=O) groups excluding carboxylic acids is 2. The molecule has 0 aliphatic carbocycles. The van der Waals surface area contributed by atoms with Gasteiger partial charge in [-0.15, -0.1) is 0 Å². The molecular formula is C15H20O2. The molecule has 1 rings (SSSR count). The van der Waals surface area contributed by atoms with Crippen molar-refractivity contribution < 1.29 is 9.59 Å². The second-order valence-corrected chi connectivity index (χ2v) is 5.47. The van der Waals surface area contributed by atoms with Gasteiger partial charge in [0.15, 0.2) is 0 Å². The van der Waals surface area contributed by atoms with Gasteiger partial charge in [-0.25, -0.2) is 0 Å². The topological polar surface area (TPSA) is 34.1 Å². The van der Waals surface area contributed by atoms with Gasteiger partial charge in [-0.05, 0) is 18.9 Å². The van der Waals surface area contributed by atoms with Gasteiger partial charge in [-0.2, -0.15) is 0 Å².